The summed E-state index contributed by atoms with van der Waals surface area (Å²) in [7, 11) is 0. The van der Waals surface area contributed by atoms with E-state index >= 15 is 0 Å². The summed E-state index contributed by atoms with van der Waals surface area (Å²) < 4.78 is 37.5. The molecule has 1 aromatic carbocycles. The lowest BCUT2D eigenvalue weighted by atomic mass is 10.2. The van der Waals surface area contributed by atoms with Gasteiger partial charge in [-0.1, -0.05) is 6.07 Å². The van der Waals surface area contributed by atoms with Crippen LogP contribution in [-0.2, 0) is 12.7 Å². The summed E-state index contributed by atoms with van der Waals surface area (Å²) in [5, 5.41) is 3.00. The summed E-state index contributed by atoms with van der Waals surface area (Å²) >= 11 is 1.63. The Kier molecular flexibility index (Phi) is 3.61. The zero-order valence-electron chi connectivity index (χ0n) is 9.71. The van der Waals surface area contributed by atoms with E-state index in [-0.39, 0.29) is 0 Å². The van der Waals surface area contributed by atoms with Crippen molar-refractivity contribution in [2.75, 3.05) is 5.32 Å². The number of alkyl halides is 3. The first-order chi connectivity index (χ1) is 8.45. The highest BCUT2D eigenvalue weighted by molar-refractivity contribution is 7.11. The number of rotatable bonds is 3. The Morgan fingerprint density at radius 3 is 2.56 bits per heavy atom. The largest absolute Gasteiger partial charge is 0.416 e. The topological polar surface area (TPSA) is 12.0 Å². The van der Waals surface area contributed by atoms with Crippen molar-refractivity contribution in [1.29, 1.82) is 0 Å². The third kappa shape index (κ3) is 3.26. The molecule has 96 valence electrons. The van der Waals surface area contributed by atoms with Gasteiger partial charge in [0.2, 0.25) is 0 Å². The number of halogens is 3. The van der Waals surface area contributed by atoms with Crippen LogP contribution >= 0.6 is 11.3 Å². The third-order valence-electron chi connectivity index (χ3n) is 2.45. The predicted octanol–water partition coefficient (Wildman–Crippen LogP) is 4.69. The second kappa shape index (κ2) is 5.02. The lowest BCUT2D eigenvalue weighted by molar-refractivity contribution is -0.137. The van der Waals surface area contributed by atoms with Gasteiger partial charge in [-0.25, -0.2) is 0 Å². The van der Waals surface area contributed by atoms with E-state index in [1.54, 1.807) is 17.4 Å². The fraction of sp³-hybridized carbons (Fsp3) is 0.231. The van der Waals surface area contributed by atoms with Gasteiger partial charge in [0, 0.05) is 22.0 Å². The molecule has 0 saturated heterocycles. The molecule has 0 aliphatic heterocycles. The summed E-state index contributed by atoms with van der Waals surface area (Å²) in [6, 6.07) is 9.20. The zero-order chi connectivity index (χ0) is 13.2. The van der Waals surface area contributed by atoms with Gasteiger partial charge in [-0.3, -0.25) is 0 Å². The van der Waals surface area contributed by atoms with Gasteiger partial charge in [-0.15, -0.1) is 11.3 Å². The van der Waals surface area contributed by atoms with Crippen LogP contribution in [0.5, 0.6) is 0 Å². The average molecular weight is 271 g/mol. The Morgan fingerprint density at radius 2 is 1.94 bits per heavy atom. The minimum absolute atomic E-state index is 0.482. The summed E-state index contributed by atoms with van der Waals surface area (Å²) in [6.45, 7) is 2.54. The Labute approximate surface area is 107 Å². The number of aryl methyl sites for hydroxylation is 1. The number of thiophene rings is 1. The van der Waals surface area contributed by atoms with E-state index in [2.05, 4.69) is 5.32 Å². The van der Waals surface area contributed by atoms with Crippen LogP contribution in [-0.4, -0.2) is 0 Å². The summed E-state index contributed by atoms with van der Waals surface area (Å²) in [4.78, 5) is 2.29. The molecule has 1 heterocycles. The number of nitrogens with one attached hydrogen (secondary N) is 1. The Morgan fingerprint density at radius 1 is 1.17 bits per heavy atom. The Bertz CT molecular complexity index is 531. The molecule has 1 N–H and O–H groups in total. The minimum Gasteiger partial charge on any atom is -0.380 e. The molecule has 0 unspecified atom stereocenters. The Balaban J connectivity index is 2.06. The first kappa shape index (κ1) is 13.0. The van der Waals surface area contributed by atoms with Crippen LogP contribution in [0.4, 0.5) is 18.9 Å². The maximum atomic E-state index is 12.5. The monoisotopic (exact) mass is 271 g/mol. The Hall–Kier alpha value is -1.49. The van der Waals surface area contributed by atoms with E-state index in [1.165, 1.54) is 10.9 Å². The lowest BCUT2D eigenvalue weighted by Gasteiger charge is -2.09. The molecular weight excluding hydrogens is 259 g/mol. The maximum absolute atomic E-state index is 12.5. The fourth-order valence-corrected chi connectivity index (χ4v) is 2.40. The molecular formula is C13H12F3NS. The van der Waals surface area contributed by atoms with Gasteiger partial charge in [-0.2, -0.15) is 13.2 Å². The van der Waals surface area contributed by atoms with E-state index in [0.29, 0.717) is 12.2 Å². The molecule has 18 heavy (non-hydrogen) atoms. The van der Waals surface area contributed by atoms with Crippen molar-refractivity contribution in [1.82, 2.24) is 0 Å². The van der Waals surface area contributed by atoms with E-state index in [4.69, 9.17) is 0 Å². The highest BCUT2D eigenvalue weighted by Gasteiger charge is 2.30. The maximum Gasteiger partial charge on any atom is 0.416 e. The molecule has 0 aliphatic rings. The molecule has 0 amide bonds. The molecule has 0 bridgehead atoms. The third-order valence-corrected chi connectivity index (χ3v) is 3.45. The average Bonchev–Trinajstić information content (AvgIpc) is 2.72. The van der Waals surface area contributed by atoms with Crippen molar-refractivity contribution in [3.63, 3.8) is 0 Å². The van der Waals surface area contributed by atoms with Gasteiger partial charge in [0.25, 0.3) is 0 Å². The molecule has 2 rings (SSSR count). The van der Waals surface area contributed by atoms with Crippen LogP contribution in [0.25, 0.3) is 0 Å². The van der Waals surface area contributed by atoms with Gasteiger partial charge >= 0.3 is 6.18 Å². The second-order valence-electron chi connectivity index (χ2n) is 3.94. The summed E-state index contributed by atoms with van der Waals surface area (Å²) in [5.74, 6) is 0. The van der Waals surface area contributed by atoms with E-state index in [9.17, 15) is 13.2 Å². The first-order valence-corrected chi connectivity index (χ1v) is 6.23. The first-order valence-electron chi connectivity index (χ1n) is 5.41. The smallest absolute Gasteiger partial charge is 0.380 e. The van der Waals surface area contributed by atoms with Crippen LogP contribution < -0.4 is 5.32 Å². The van der Waals surface area contributed by atoms with Gasteiger partial charge in [0.1, 0.15) is 0 Å². The summed E-state index contributed by atoms with van der Waals surface area (Å²) in [6.07, 6.45) is -4.29. The van der Waals surface area contributed by atoms with E-state index in [1.807, 2.05) is 19.1 Å². The normalized spacial score (nSPS) is 11.6. The summed E-state index contributed by atoms with van der Waals surface area (Å²) in [5.41, 5.74) is -0.147. The SMILES string of the molecule is Cc1ccc(CNc2cccc(C(F)(F)F)c2)s1. The molecule has 0 fully saturated rings. The van der Waals surface area contributed by atoms with E-state index in [0.717, 1.165) is 17.0 Å². The van der Waals surface area contributed by atoms with E-state index < -0.39 is 11.7 Å². The molecule has 1 aromatic heterocycles. The van der Waals surface area contributed by atoms with Crippen LogP contribution in [0, 0.1) is 6.92 Å². The van der Waals surface area contributed by atoms with Crippen molar-refractivity contribution in [3.8, 4) is 0 Å². The van der Waals surface area contributed by atoms with Crippen LogP contribution in [0.1, 0.15) is 15.3 Å². The minimum atomic E-state index is -4.29. The number of hydrogen-bond acceptors (Lipinski definition) is 2. The van der Waals surface area contributed by atoms with Gasteiger partial charge in [-0.05, 0) is 37.3 Å². The molecule has 5 heteroatoms. The highest BCUT2D eigenvalue weighted by Crippen LogP contribution is 2.30. The molecule has 1 nitrogen and oxygen atoms in total. The molecule has 0 saturated carbocycles. The van der Waals surface area contributed by atoms with Crippen LogP contribution in [0.3, 0.4) is 0 Å². The zero-order valence-corrected chi connectivity index (χ0v) is 10.5. The molecule has 0 spiro atoms. The highest BCUT2D eigenvalue weighted by atomic mass is 32.1. The van der Waals surface area contributed by atoms with Crippen molar-refractivity contribution in [2.24, 2.45) is 0 Å². The van der Waals surface area contributed by atoms with Gasteiger partial charge < -0.3 is 5.32 Å². The fourth-order valence-electron chi connectivity index (χ4n) is 1.57. The standard InChI is InChI=1S/C13H12F3NS/c1-9-5-6-12(18-9)8-17-11-4-2-3-10(7-11)13(14,15)16/h2-7,17H,8H2,1H3. The molecule has 0 radical (unpaired) electrons. The van der Waals surface area contributed by atoms with Crippen molar-refractivity contribution in [3.05, 3.63) is 51.7 Å². The van der Waals surface area contributed by atoms with Crippen molar-refractivity contribution < 1.29 is 13.2 Å². The predicted molar refractivity (Wildman–Crippen MR) is 67.8 cm³/mol. The van der Waals surface area contributed by atoms with Crippen molar-refractivity contribution >= 4 is 17.0 Å². The van der Waals surface area contributed by atoms with Crippen LogP contribution in [0.2, 0.25) is 0 Å². The second-order valence-corrected chi connectivity index (χ2v) is 5.32. The molecule has 0 atom stereocenters. The van der Waals surface area contributed by atoms with Gasteiger partial charge in [0.05, 0.1) is 5.56 Å². The number of benzene rings is 1. The van der Waals surface area contributed by atoms with Crippen molar-refractivity contribution in [2.45, 2.75) is 19.6 Å². The quantitative estimate of drug-likeness (QED) is 0.854. The lowest BCUT2D eigenvalue weighted by Crippen LogP contribution is -2.06. The van der Waals surface area contributed by atoms with Crippen LogP contribution in [0.15, 0.2) is 36.4 Å². The molecule has 0 aliphatic carbocycles. The number of anilines is 1. The van der Waals surface area contributed by atoms with Gasteiger partial charge in [0.15, 0.2) is 0 Å². The number of hydrogen-bond donors (Lipinski definition) is 1. The molecule has 2 aromatic rings.